The highest BCUT2D eigenvalue weighted by atomic mass is 32.1. The minimum atomic E-state index is -1.28. The van der Waals surface area contributed by atoms with E-state index in [9.17, 15) is 20.1 Å². The molecule has 0 spiro atoms. The van der Waals surface area contributed by atoms with Gasteiger partial charge in [0.25, 0.3) is 5.91 Å². The summed E-state index contributed by atoms with van der Waals surface area (Å²) in [6, 6.07) is 17.7. The lowest BCUT2D eigenvalue weighted by Crippen LogP contribution is -2.26. The van der Waals surface area contributed by atoms with Crippen molar-refractivity contribution in [1.82, 2.24) is 20.4 Å². The van der Waals surface area contributed by atoms with Crippen molar-refractivity contribution in [2.75, 3.05) is 10.6 Å². The van der Waals surface area contributed by atoms with Gasteiger partial charge in [-0.25, -0.2) is 0 Å². The van der Waals surface area contributed by atoms with E-state index in [1.54, 1.807) is 48.5 Å². The molecule has 1 fully saturated rings. The lowest BCUT2D eigenvalue weighted by Gasteiger charge is -2.25. The van der Waals surface area contributed by atoms with Crippen LogP contribution in [0.5, 0.6) is 0 Å². The minimum absolute atomic E-state index is 0.168. The Kier molecular flexibility index (Phi) is 8.35. The number of aliphatic hydroxyl groups is 3. The van der Waals surface area contributed by atoms with Gasteiger partial charge in [-0.05, 0) is 30.4 Å². The SMILES string of the molecule is O=C(Nc1nnc([C@H]2CCC[C@H](c3nnc(NC(O)[C@H](O)c4ccccc4)s3)C2)s1)[C@H](O)c1ccccc1. The fourth-order valence-electron chi connectivity index (χ4n) is 4.54. The van der Waals surface area contributed by atoms with Crippen LogP contribution in [0.2, 0.25) is 0 Å². The van der Waals surface area contributed by atoms with Gasteiger partial charge in [0.1, 0.15) is 16.1 Å². The Morgan fingerprint density at radius 3 is 1.97 bits per heavy atom. The van der Waals surface area contributed by atoms with E-state index in [-0.39, 0.29) is 11.8 Å². The Morgan fingerprint density at radius 2 is 1.34 bits per heavy atom. The molecule has 1 aliphatic carbocycles. The number of carbonyl (C=O) groups excluding carboxylic acids is 1. The Hall–Kier alpha value is -3.29. The quantitative estimate of drug-likeness (QED) is 0.194. The third-order valence-electron chi connectivity index (χ3n) is 6.56. The number of nitrogens with zero attached hydrogens (tertiary/aromatic N) is 4. The molecule has 0 aliphatic heterocycles. The number of anilines is 2. The van der Waals surface area contributed by atoms with Gasteiger partial charge >= 0.3 is 0 Å². The van der Waals surface area contributed by atoms with E-state index >= 15 is 0 Å². The second kappa shape index (κ2) is 12.0. The number of amides is 1. The van der Waals surface area contributed by atoms with E-state index in [1.165, 1.54) is 22.7 Å². The highest BCUT2D eigenvalue weighted by Gasteiger charge is 2.30. The lowest BCUT2D eigenvalue weighted by molar-refractivity contribution is -0.124. The summed E-state index contributed by atoms with van der Waals surface area (Å²) in [4.78, 5) is 12.5. The van der Waals surface area contributed by atoms with Gasteiger partial charge < -0.3 is 20.6 Å². The molecule has 0 saturated heterocycles. The maximum atomic E-state index is 12.5. The van der Waals surface area contributed by atoms with E-state index in [0.717, 1.165) is 35.7 Å². The van der Waals surface area contributed by atoms with Gasteiger partial charge in [0.05, 0.1) is 0 Å². The van der Waals surface area contributed by atoms with Gasteiger partial charge in [-0.2, -0.15) is 0 Å². The molecule has 2 aromatic carbocycles. The average Bonchev–Trinajstić information content (AvgIpc) is 3.63. The molecule has 0 bridgehead atoms. The normalized spacial score (nSPS) is 19.9. The molecule has 1 unspecified atom stereocenters. The fourth-order valence-corrected chi connectivity index (χ4v) is 6.36. The summed E-state index contributed by atoms with van der Waals surface area (Å²) in [6.07, 6.45) is 0.135. The number of rotatable bonds is 9. The second-order valence-electron chi connectivity index (χ2n) is 9.20. The van der Waals surface area contributed by atoms with Gasteiger partial charge in [-0.3, -0.25) is 10.1 Å². The van der Waals surface area contributed by atoms with Crippen LogP contribution in [0.3, 0.4) is 0 Å². The number of benzene rings is 2. The third kappa shape index (κ3) is 6.22. The standard InChI is InChI=1S/C26H28N6O4S2/c33-19(15-8-3-1-4-9-15)21(35)27-25-31-29-23(37-25)17-12-7-13-18(14-17)24-30-32-26(38-24)28-22(36)20(34)16-10-5-2-6-11-16/h1-6,8-11,17-21,33-35H,7,12-14H2,(H,27,31)(H,28,32,36)/t17-,18-,19+,20+,21?/m0/s1. The zero-order valence-electron chi connectivity index (χ0n) is 20.3. The molecular weight excluding hydrogens is 524 g/mol. The smallest absolute Gasteiger partial charge is 0.259 e. The van der Waals surface area contributed by atoms with Crippen molar-refractivity contribution in [1.29, 1.82) is 0 Å². The molecule has 4 aromatic rings. The first-order chi connectivity index (χ1) is 18.5. The summed E-state index contributed by atoms with van der Waals surface area (Å²) in [5.74, 6) is -0.199. The predicted molar refractivity (Wildman–Crippen MR) is 145 cm³/mol. The van der Waals surface area contributed by atoms with Gasteiger partial charge in [0.2, 0.25) is 10.3 Å². The van der Waals surface area contributed by atoms with Crippen molar-refractivity contribution < 1.29 is 20.1 Å². The predicted octanol–water partition coefficient (Wildman–Crippen LogP) is 3.97. The van der Waals surface area contributed by atoms with Crippen LogP contribution in [0.25, 0.3) is 0 Å². The lowest BCUT2D eigenvalue weighted by atomic mass is 9.82. The maximum Gasteiger partial charge on any atom is 0.259 e. The highest BCUT2D eigenvalue weighted by molar-refractivity contribution is 7.15. The van der Waals surface area contributed by atoms with Crippen molar-refractivity contribution in [2.45, 2.75) is 56.0 Å². The van der Waals surface area contributed by atoms with E-state index in [1.807, 2.05) is 12.1 Å². The number of aromatic nitrogens is 4. The summed E-state index contributed by atoms with van der Waals surface area (Å²) < 4.78 is 0. The Labute approximate surface area is 227 Å². The Balaban J connectivity index is 1.18. The van der Waals surface area contributed by atoms with Crippen LogP contribution in [-0.4, -0.2) is 47.8 Å². The molecule has 1 aliphatic rings. The fraction of sp³-hybridized carbons (Fsp3) is 0.346. The molecule has 12 heteroatoms. The van der Waals surface area contributed by atoms with Crippen molar-refractivity contribution in [3.63, 3.8) is 0 Å². The number of hydrogen-bond donors (Lipinski definition) is 5. The van der Waals surface area contributed by atoms with Gasteiger partial charge in [-0.15, -0.1) is 20.4 Å². The number of hydrogen-bond acceptors (Lipinski definition) is 11. The van der Waals surface area contributed by atoms with Crippen molar-refractivity contribution in [3.05, 3.63) is 81.8 Å². The zero-order valence-corrected chi connectivity index (χ0v) is 22.0. The molecule has 1 saturated carbocycles. The van der Waals surface area contributed by atoms with Crippen LogP contribution < -0.4 is 10.6 Å². The first kappa shape index (κ1) is 26.3. The van der Waals surface area contributed by atoms with Crippen LogP contribution in [0.1, 0.15) is 70.9 Å². The van der Waals surface area contributed by atoms with Crippen molar-refractivity contribution >= 4 is 38.8 Å². The molecular formula is C26H28N6O4S2. The van der Waals surface area contributed by atoms with Crippen LogP contribution in [0.4, 0.5) is 10.3 Å². The second-order valence-corrected chi connectivity index (χ2v) is 11.2. The van der Waals surface area contributed by atoms with E-state index in [2.05, 4.69) is 31.0 Å². The molecule has 5 N–H and O–H groups in total. The van der Waals surface area contributed by atoms with Gasteiger partial charge in [0, 0.05) is 11.8 Å². The number of aliphatic hydroxyl groups excluding tert-OH is 3. The average molecular weight is 553 g/mol. The van der Waals surface area contributed by atoms with Crippen molar-refractivity contribution in [3.8, 4) is 0 Å². The third-order valence-corrected chi connectivity index (χ3v) is 8.58. The maximum absolute atomic E-state index is 12.5. The molecule has 2 heterocycles. The van der Waals surface area contributed by atoms with Crippen LogP contribution in [0.15, 0.2) is 60.7 Å². The molecule has 10 nitrogen and oxygen atoms in total. The molecule has 1 amide bonds. The number of carbonyl (C=O) groups is 1. The topological polar surface area (TPSA) is 153 Å². The molecule has 38 heavy (non-hydrogen) atoms. The largest absolute Gasteiger partial charge is 0.384 e. The van der Waals surface area contributed by atoms with E-state index < -0.39 is 24.3 Å². The first-order valence-corrected chi connectivity index (χ1v) is 14.0. The summed E-state index contributed by atoms with van der Waals surface area (Å²) >= 11 is 2.69. The highest BCUT2D eigenvalue weighted by Crippen LogP contribution is 2.43. The minimum Gasteiger partial charge on any atom is -0.384 e. The van der Waals surface area contributed by atoms with Gasteiger partial charge in [0.15, 0.2) is 12.3 Å². The van der Waals surface area contributed by atoms with E-state index in [4.69, 9.17) is 0 Å². The summed E-state index contributed by atoms with van der Waals surface area (Å²) in [6.45, 7) is 0. The molecule has 0 radical (unpaired) electrons. The van der Waals surface area contributed by atoms with Gasteiger partial charge in [-0.1, -0.05) is 89.8 Å². The van der Waals surface area contributed by atoms with Crippen LogP contribution in [0, 0.1) is 0 Å². The zero-order chi connectivity index (χ0) is 26.5. The van der Waals surface area contributed by atoms with Crippen LogP contribution in [-0.2, 0) is 4.79 Å². The molecule has 5 rings (SSSR count). The number of nitrogens with one attached hydrogen (secondary N) is 2. The Bertz CT molecular complexity index is 1340. The molecule has 2 aromatic heterocycles. The summed E-state index contributed by atoms with van der Waals surface area (Å²) in [7, 11) is 0. The van der Waals surface area contributed by atoms with E-state index in [0.29, 0.717) is 21.4 Å². The van der Waals surface area contributed by atoms with Crippen molar-refractivity contribution in [2.24, 2.45) is 0 Å². The summed E-state index contributed by atoms with van der Waals surface area (Å²) in [5.41, 5.74) is 1.12. The Morgan fingerprint density at radius 1 is 0.789 bits per heavy atom. The monoisotopic (exact) mass is 552 g/mol. The first-order valence-electron chi connectivity index (χ1n) is 12.4. The molecule has 5 atom stereocenters. The summed E-state index contributed by atoms with van der Waals surface area (Å²) in [5, 5.41) is 56.1. The molecule has 198 valence electrons. The van der Waals surface area contributed by atoms with Crippen LogP contribution >= 0.6 is 22.7 Å².